The lowest BCUT2D eigenvalue weighted by atomic mass is 10.2. The summed E-state index contributed by atoms with van der Waals surface area (Å²) in [6, 6.07) is 21.1. The number of hydrogen-bond donors (Lipinski definition) is 1. The Balaban J connectivity index is 1.43. The first kappa shape index (κ1) is 23.8. The minimum atomic E-state index is -3.86. The Labute approximate surface area is 200 Å². The third-order valence-corrected chi connectivity index (χ3v) is 7.91. The van der Waals surface area contributed by atoms with E-state index in [0.29, 0.717) is 48.7 Å². The number of nitrogens with zero attached hydrogens (tertiary/aromatic N) is 1. The molecule has 178 valence electrons. The number of aryl methyl sites for hydroxylation is 1. The van der Waals surface area contributed by atoms with Crippen molar-refractivity contribution in [3.05, 3.63) is 83.9 Å². The summed E-state index contributed by atoms with van der Waals surface area (Å²) >= 11 is 0. The SMILES string of the molecule is COc1ccc(C)c(S(=O)(=O)N2CCC[C@@H]2C(=O)Nc2ccc(OCc3ccccc3)cc2)c1. The van der Waals surface area contributed by atoms with Crippen LogP contribution in [0, 0.1) is 6.92 Å². The highest BCUT2D eigenvalue weighted by Gasteiger charge is 2.40. The molecule has 8 heteroatoms. The number of amides is 1. The third kappa shape index (κ3) is 5.24. The summed E-state index contributed by atoms with van der Waals surface area (Å²) in [4.78, 5) is 13.2. The maximum absolute atomic E-state index is 13.4. The Morgan fingerprint density at radius 2 is 1.74 bits per heavy atom. The van der Waals surface area contributed by atoms with E-state index in [9.17, 15) is 13.2 Å². The molecule has 1 aliphatic rings. The summed E-state index contributed by atoms with van der Waals surface area (Å²) in [5, 5.41) is 2.85. The maximum atomic E-state index is 13.4. The molecule has 1 saturated heterocycles. The van der Waals surface area contributed by atoms with E-state index < -0.39 is 16.1 Å². The molecule has 4 rings (SSSR count). The van der Waals surface area contributed by atoms with Gasteiger partial charge in [0.15, 0.2) is 0 Å². The van der Waals surface area contributed by atoms with Crippen LogP contribution in [0.1, 0.15) is 24.0 Å². The fourth-order valence-corrected chi connectivity index (χ4v) is 5.90. The first-order chi connectivity index (χ1) is 16.4. The van der Waals surface area contributed by atoms with Crippen molar-refractivity contribution < 1.29 is 22.7 Å². The van der Waals surface area contributed by atoms with Crippen molar-refractivity contribution in [1.82, 2.24) is 4.31 Å². The molecule has 1 N–H and O–H groups in total. The van der Waals surface area contributed by atoms with Crippen molar-refractivity contribution in [2.24, 2.45) is 0 Å². The van der Waals surface area contributed by atoms with Crippen LogP contribution in [-0.2, 0) is 21.4 Å². The van der Waals surface area contributed by atoms with E-state index in [1.165, 1.54) is 17.5 Å². The number of nitrogens with one attached hydrogen (secondary N) is 1. The van der Waals surface area contributed by atoms with Crippen LogP contribution in [0.4, 0.5) is 5.69 Å². The average Bonchev–Trinajstić information content (AvgIpc) is 3.36. The van der Waals surface area contributed by atoms with Gasteiger partial charge in [-0.3, -0.25) is 4.79 Å². The monoisotopic (exact) mass is 480 g/mol. The lowest BCUT2D eigenvalue weighted by molar-refractivity contribution is -0.119. The van der Waals surface area contributed by atoms with Crippen molar-refractivity contribution >= 4 is 21.6 Å². The Hall–Kier alpha value is -3.36. The zero-order valence-corrected chi connectivity index (χ0v) is 20.0. The fourth-order valence-electron chi connectivity index (χ4n) is 4.00. The first-order valence-electron chi connectivity index (χ1n) is 11.1. The van der Waals surface area contributed by atoms with Gasteiger partial charge in [-0.15, -0.1) is 0 Å². The molecular formula is C26H28N2O5S. The molecular weight excluding hydrogens is 452 g/mol. The van der Waals surface area contributed by atoms with Crippen LogP contribution in [0.3, 0.4) is 0 Å². The highest BCUT2D eigenvalue weighted by molar-refractivity contribution is 7.89. The fraction of sp³-hybridized carbons (Fsp3) is 0.269. The summed E-state index contributed by atoms with van der Waals surface area (Å²) in [5.74, 6) is 0.791. The van der Waals surface area contributed by atoms with Crippen LogP contribution >= 0.6 is 0 Å². The highest BCUT2D eigenvalue weighted by atomic mass is 32.2. The molecule has 0 bridgehead atoms. The van der Waals surface area contributed by atoms with E-state index in [1.807, 2.05) is 30.3 Å². The Kier molecular flexibility index (Phi) is 7.19. The standard InChI is InChI=1S/C26H28N2O5S/c1-19-10-13-23(32-2)17-25(19)34(30,31)28-16-6-9-24(28)26(29)27-21-11-14-22(15-12-21)33-18-20-7-4-3-5-8-20/h3-5,7-8,10-15,17,24H,6,9,16,18H2,1-2H3,(H,27,29)/t24-/m1/s1. The van der Waals surface area contributed by atoms with Gasteiger partial charge in [0.05, 0.1) is 12.0 Å². The second kappa shape index (κ2) is 10.3. The molecule has 1 atom stereocenters. The van der Waals surface area contributed by atoms with E-state index in [-0.39, 0.29) is 10.8 Å². The van der Waals surface area contributed by atoms with Crippen LogP contribution in [-0.4, -0.2) is 38.3 Å². The van der Waals surface area contributed by atoms with Crippen LogP contribution < -0.4 is 14.8 Å². The second-order valence-electron chi connectivity index (χ2n) is 8.19. The van der Waals surface area contributed by atoms with Crippen LogP contribution in [0.2, 0.25) is 0 Å². The normalized spacial score (nSPS) is 16.2. The van der Waals surface area contributed by atoms with E-state index in [1.54, 1.807) is 43.3 Å². The van der Waals surface area contributed by atoms with Gasteiger partial charge in [0.2, 0.25) is 15.9 Å². The van der Waals surface area contributed by atoms with Crippen molar-refractivity contribution in [2.45, 2.75) is 37.3 Å². The molecule has 1 heterocycles. The number of rotatable bonds is 8. The summed E-state index contributed by atoms with van der Waals surface area (Å²) in [6.07, 6.45) is 1.08. The zero-order valence-electron chi connectivity index (χ0n) is 19.2. The molecule has 0 saturated carbocycles. The lowest BCUT2D eigenvalue weighted by Gasteiger charge is -2.24. The number of hydrogen-bond acceptors (Lipinski definition) is 5. The number of sulfonamides is 1. The highest BCUT2D eigenvalue weighted by Crippen LogP contribution is 2.31. The largest absolute Gasteiger partial charge is 0.497 e. The predicted molar refractivity (Wildman–Crippen MR) is 130 cm³/mol. The molecule has 0 unspecified atom stereocenters. The van der Waals surface area contributed by atoms with Gasteiger partial charge in [0.25, 0.3) is 0 Å². The van der Waals surface area contributed by atoms with Crippen molar-refractivity contribution in [1.29, 1.82) is 0 Å². The summed E-state index contributed by atoms with van der Waals surface area (Å²) in [5.41, 5.74) is 2.26. The molecule has 0 spiro atoms. The minimum Gasteiger partial charge on any atom is -0.497 e. The van der Waals surface area contributed by atoms with E-state index in [4.69, 9.17) is 9.47 Å². The smallest absolute Gasteiger partial charge is 0.244 e. The molecule has 3 aromatic rings. The van der Waals surface area contributed by atoms with E-state index in [0.717, 1.165) is 5.56 Å². The molecule has 34 heavy (non-hydrogen) atoms. The summed E-state index contributed by atoms with van der Waals surface area (Å²) < 4.78 is 39.1. The molecule has 0 radical (unpaired) electrons. The van der Waals surface area contributed by atoms with Crippen molar-refractivity contribution in [2.75, 3.05) is 19.0 Å². The Morgan fingerprint density at radius 1 is 1.03 bits per heavy atom. The topological polar surface area (TPSA) is 84.9 Å². The molecule has 3 aromatic carbocycles. The molecule has 0 aromatic heterocycles. The number of methoxy groups -OCH3 is 1. The quantitative estimate of drug-likeness (QED) is 0.517. The van der Waals surface area contributed by atoms with Gasteiger partial charge in [-0.05, 0) is 61.2 Å². The number of benzene rings is 3. The second-order valence-corrected chi connectivity index (χ2v) is 10.1. The van der Waals surface area contributed by atoms with Crippen LogP contribution in [0.15, 0.2) is 77.7 Å². The lowest BCUT2D eigenvalue weighted by Crippen LogP contribution is -2.43. The van der Waals surface area contributed by atoms with Crippen molar-refractivity contribution in [3.8, 4) is 11.5 Å². The van der Waals surface area contributed by atoms with Gasteiger partial charge in [0, 0.05) is 18.3 Å². The van der Waals surface area contributed by atoms with Gasteiger partial charge in [-0.2, -0.15) is 4.31 Å². The molecule has 0 aliphatic carbocycles. The molecule has 1 aliphatic heterocycles. The molecule has 1 fully saturated rings. The maximum Gasteiger partial charge on any atom is 0.244 e. The Morgan fingerprint density at radius 3 is 2.44 bits per heavy atom. The number of ether oxygens (including phenoxy) is 2. The number of carbonyl (C=O) groups is 1. The minimum absolute atomic E-state index is 0.159. The summed E-state index contributed by atoms with van der Waals surface area (Å²) in [7, 11) is -2.37. The average molecular weight is 481 g/mol. The Bertz CT molecular complexity index is 1240. The summed E-state index contributed by atoms with van der Waals surface area (Å²) in [6.45, 7) is 2.48. The molecule has 1 amide bonds. The molecule has 7 nitrogen and oxygen atoms in total. The van der Waals surface area contributed by atoms with E-state index in [2.05, 4.69) is 5.32 Å². The number of carbonyl (C=O) groups excluding carboxylic acids is 1. The van der Waals surface area contributed by atoms with Gasteiger partial charge >= 0.3 is 0 Å². The third-order valence-electron chi connectivity index (χ3n) is 5.86. The van der Waals surface area contributed by atoms with E-state index >= 15 is 0 Å². The van der Waals surface area contributed by atoms with Gasteiger partial charge in [0.1, 0.15) is 24.1 Å². The van der Waals surface area contributed by atoms with Gasteiger partial charge < -0.3 is 14.8 Å². The zero-order chi connectivity index (χ0) is 24.1. The first-order valence-corrected chi connectivity index (χ1v) is 12.6. The van der Waals surface area contributed by atoms with Crippen LogP contribution in [0.25, 0.3) is 0 Å². The van der Waals surface area contributed by atoms with Gasteiger partial charge in [-0.25, -0.2) is 8.42 Å². The van der Waals surface area contributed by atoms with Crippen molar-refractivity contribution in [3.63, 3.8) is 0 Å². The predicted octanol–water partition coefficient (Wildman–Crippen LogP) is 4.37. The number of anilines is 1. The van der Waals surface area contributed by atoms with Gasteiger partial charge in [-0.1, -0.05) is 36.4 Å². The van der Waals surface area contributed by atoms with Crippen LogP contribution in [0.5, 0.6) is 11.5 Å².